The quantitative estimate of drug-likeness (QED) is 0.178. The average molecular weight is 663 g/mol. The van der Waals surface area contributed by atoms with Gasteiger partial charge in [0.2, 0.25) is 0 Å². The fourth-order valence-corrected chi connectivity index (χ4v) is 4.90. The van der Waals surface area contributed by atoms with Gasteiger partial charge in [0, 0.05) is 47.5 Å². The lowest BCUT2D eigenvalue weighted by Crippen LogP contribution is -2.12. The normalized spacial score (nSPS) is 10.8. The summed E-state index contributed by atoms with van der Waals surface area (Å²) in [5.74, 6) is 0. The van der Waals surface area contributed by atoms with E-state index in [1.807, 2.05) is 0 Å². The number of aryl methyl sites for hydroxylation is 1. The lowest BCUT2D eigenvalue weighted by atomic mass is 10.1. The van der Waals surface area contributed by atoms with Crippen molar-refractivity contribution in [3.63, 3.8) is 0 Å². The maximum atomic E-state index is 3.57. The molecule has 0 saturated carbocycles. The maximum absolute atomic E-state index is 3.57. The van der Waals surface area contributed by atoms with Gasteiger partial charge in [-0.25, -0.2) is 0 Å². The Kier molecular flexibility index (Phi) is 7.61. The van der Waals surface area contributed by atoms with Crippen molar-refractivity contribution in [1.29, 1.82) is 0 Å². The molecule has 5 aromatic rings. The van der Waals surface area contributed by atoms with Gasteiger partial charge >= 0.3 is 0 Å². The summed E-state index contributed by atoms with van der Waals surface area (Å²) in [5.41, 5.74) is 7.83. The van der Waals surface area contributed by atoms with Crippen molar-refractivity contribution >= 4 is 81.9 Å². The van der Waals surface area contributed by atoms with Crippen LogP contribution in [0.1, 0.15) is 5.56 Å². The number of rotatable bonds is 6. The monoisotopic (exact) mass is 660 g/mol. The summed E-state index contributed by atoms with van der Waals surface area (Å²) >= 11 is 10.7. The molecule has 5 heteroatoms. The molecule has 36 heavy (non-hydrogen) atoms. The Balaban J connectivity index is 1.57. The summed E-state index contributed by atoms with van der Waals surface area (Å²) < 4.78 is 3.17. The molecule has 5 aromatic carbocycles. The highest BCUT2D eigenvalue weighted by Gasteiger charge is 2.16. The fraction of sp³-hybridized carbons (Fsp3) is 0.0323. The van der Waals surface area contributed by atoms with Crippen LogP contribution >= 0.6 is 47.8 Å². The van der Waals surface area contributed by atoms with Crippen LogP contribution in [0, 0.1) is 6.92 Å². The van der Waals surface area contributed by atoms with E-state index < -0.39 is 0 Å². The highest BCUT2D eigenvalue weighted by atomic mass is 79.9. The summed E-state index contributed by atoms with van der Waals surface area (Å²) in [7, 11) is 0. The first-order valence-corrected chi connectivity index (χ1v) is 13.9. The van der Waals surface area contributed by atoms with Gasteiger partial charge in [0.1, 0.15) is 0 Å². The number of hydrogen-bond acceptors (Lipinski definition) is 2. The van der Waals surface area contributed by atoms with E-state index in [4.69, 9.17) is 0 Å². The first kappa shape index (κ1) is 24.8. The van der Waals surface area contributed by atoms with Crippen molar-refractivity contribution in [2.75, 3.05) is 9.80 Å². The van der Waals surface area contributed by atoms with Gasteiger partial charge in [-0.1, -0.05) is 65.5 Å². The number of nitrogens with zero attached hydrogens (tertiary/aromatic N) is 2. The second-order valence-corrected chi connectivity index (χ2v) is 11.2. The predicted octanol–water partition coefficient (Wildman–Crippen LogP) is 11.2. The Hall–Kier alpha value is -2.86. The minimum absolute atomic E-state index is 1.06. The smallest absolute Gasteiger partial charge is 0.0463 e. The zero-order chi connectivity index (χ0) is 25.1. The van der Waals surface area contributed by atoms with Crippen molar-refractivity contribution in [2.45, 2.75) is 6.92 Å². The minimum atomic E-state index is 1.06. The van der Waals surface area contributed by atoms with E-state index >= 15 is 0 Å². The Morgan fingerprint density at radius 2 is 0.528 bits per heavy atom. The number of hydrogen-bond donors (Lipinski definition) is 0. The highest BCUT2D eigenvalue weighted by molar-refractivity contribution is 9.11. The first-order chi connectivity index (χ1) is 17.5. The molecule has 0 N–H and O–H groups in total. The standard InChI is InChI=1S/C31H23Br3N2/c1-22-2-10-26(11-3-22)35(27-12-4-23(32)5-13-27)30-18-20-31(21-19-30)36(28-14-6-24(33)7-15-28)29-16-8-25(34)9-17-29/h2-21H,1H3. The summed E-state index contributed by atoms with van der Waals surface area (Å²) in [4.78, 5) is 4.54. The molecule has 0 amide bonds. The molecule has 0 fully saturated rings. The Morgan fingerprint density at radius 1 is 0.333 bits per heavy atom. The molecule has 2 nitrogen and oxygen atoms in total. The zero-order valence-electron chi connectivity index (χ0n) is 19.6. The third-order valence-corrected chi connectivity index (χ3v) is 7.50. The van der Waals surface area contributed by atoms with Gasteiger partial charge in [-0.05, 0) is 116 Å². The molecule has 0 bridgehead atoms. The van der Waals surface area contributed by atoms with Crippen molar-refractivity contribution in [2.24, 2.45) is 0 Å². The van der Waals surface area contributed by atoms with E-state index in [2.05, 4.69) is 186 Å². The van der Waals surface area contributed by atoms with Crippen LogP contribution in [0.4, 0.5) is 34.1 Å². The summed E-state index contributed by atoms with van der Waals surface area (Å²) in [5, 5.41) is 0. The number of anilines is 6. The van der Waals surface area contributed by atoms with Gasteiger partial charge in [0.05, 0.1) is 0 Å². The molecule has 0 spiro atoms. The van der Waals surface area contributed by atoms with Crippen LogP contribution in [0.25, 0.3) is 0 Å². The zero-order valence-corrected chi connectivity index (χ0v) is 24.3. The van der Waals surface area contributed by atoms with Gasteiger partial charge in [-0.15, -0.1) is 0 Å². The molecule has 0 aliphatic heterocycles. The molecule has 0 heterocycles. The van der Waals surface area contributed by atoms with Gasteiger partial charge in [-0.3, -0.25) is 0 Å². The lowest BCUT2D eigenvalue weighted by molar-refractivity contribution is 1.25. The van der Waals surface area contributed by atoms with Crippen LogP contribution in [0.5, 0.6) is 0 Å². The van der Waals surface area contributed by atoms with Crippen molar-refractivity contribution in [3.8, 4) is 0 Å². The summed E-state index contributed by atoms with van der Waals surface area (Å²) in [6, 6.07) is 42.6. The Morgan fingerprint density at radius 3 is 0.778 bits per heavy atom. The highest BCUT2D eigenvalue weighted by Crippen LogP contribution is 2.39. The molecule has 0 aromatic heterocycles. The van der Waals surface area contributed by atoms with Crippen LogP contribution < -0.4 is 9.80 Å². The van der Waals surface area contributed by atoms with Crippen LogP contribution in [0.15, 0.2) is 135 Å². The predicted molar refractivity (Wildman–Crippen MR) is 164 cm³/mol. The van der Waals surface area contributed by atoms with E-state index in [0.717, 1.165) is 47.5 Å². The van der Waals surface area contributed by atoms with Gasteiger partial charge < -0.3 is 9.80 Å². The van der Waals surface area contributed by atoms with Gasteiger partial charge in [-0.2, -0.15) is 0 Å². The molecular formula is C31H23Br3N2. The van der Waals surface area contributed by atoms with Gasteiger partial charge in [0.25, 0.3) is 0 Å². The second-order valence-electron chi connectivity index (χ2n) is 8.45. The van der Waals surface area contributed by atoms with Crippen LogP contribution in [0.2, 0.25) is 0 Å². The Labute approximate surface area is 237 Å². The van der Waals surface area contributed by atoms with Crippen molar-refractivity contribution in [3.05, 3.63) is 140 Å². The second kappa shape index (κ2) is 11.0. The molecule has 5 rings (SSSR count). The van der Waals surface area contributed by atoms with E-state index in [1.54, 1.807) is 0 Å². The van der Waals surface area contributed by atoms with Crippen molar-refractivity contribution in [1.82, 2.24) is 0 Å². The Bertz CT molecular complexity index is 1220. The number of benzene rings is 5. The third-order valence-electron chi connectivity index (χ3n) is 5.91. The third kappa shape index (κ3) is 5.59. The summed E-state index contributed by atoms with van der Waals surface area (Å²) in [6.07, 6.45) is 0. The largest absolute Gasteiger partial charge is 0.311 e. The molecule has 0 aliphatic rings. The lowest BCUT2D eigenvalue weighted by Gasteiger charge is -2.28. The SMILES string of the molecule is Cc1ccc(N(c2ccc(Br)cc2)c2ccc(N(c3ccc(Br)cc3)c3ccc(Br)cc3)cc2)cc1. The molecular weight excluding hydrogens is 640 g/mol. The van der Waals surface area contributed by atoms with Crippen LogP contribution in [0.3, 0.4) is 0 Å². The fourth-order valence-electron chi connectivity index (χ4n) is 4.11. The van der Waals surface area contributed by atoms with E-state index in [-0.39, 0.29) is 0 Å². The number of halogens is 3. The van der Waals surface area contributed by atoms with Gasteiger partial charge in [0.15, 0.2) is 0 Å². The first-order valence-electron chi connectivity index (χ1n) is 11.5. The van der Waals surface area contributed by atoms with Crippen LogP contribution in [-0.2, 0) is 0 Å². The summed E-state index contributed by atoms with van der Waals surface area (Å²) in [6.45, 7) is 2.11. The topological polar surface area (TPSA) is 6.48 Å². The minimum Gasteiger partial charge on any atom is -0.311 e. The molecule has 0 aliphatic carbocycles. The maximum Gasteiger partial charge on any atom is 0.0463 e. The molecule has 0 radical (unpaired) electrons. The van der Waals surface area contributed by atoms with E-state index in [9.17, 15) is 0 Å². The molecule has 0 unspecified atom stereocenters. The van der Waals surface area contributed by atoms with E-state index in [0.29, 0.717) is 0 Å². The molecule has 178 valence electrons. The van der Waals surface area contributed by atoms with Crippen molar-refractivity contribution < 1.29 is 0 Å². The molecule has 0 saturated heterocycles. The molecule has 0 atom stereocenters. The average Bonchev–Trinajstić information content (AvgIpc) is 2.90. The van der Waals surface area contributed by atoms with E-state index in [1.165, 1.54) is 5.56 Å². The van der Waals surface area contributed by atoms with Crippen LogP contribution in [-0.4, -0.2) is 0 Å².